The molecule has 0 fully saturated rings. The molecular weight excluding hydrogens is 160 g/mol. The van der Waals surface area contributed by atoms with Crippen LogP contribution < -0.4 is 0 Å². The van der Waals surface area contributed by atoms with E-state index < -0.39 is 0 Å². The second-order valence-corrected chi connectivity index (χ2v) is 3.03. The molecule has 0 spiro atoms. The van der Waals surface area contributed by atoms with Gasteiger partial charge in [0.15, 0.2) is 6.29 Å². The molecule has 0 rings (SSSR count). The molecule has 2 unspecified atom stereocenters. The number of hydrogen-bond donors (Lipinski definition) is 1. The molecule has 0 N–H and O–H groups in total. The topological polar surface area (TPSA) is 18.5 Å². The Morgan fingerprint density at radius 2 is 2.00 bits per heavy atom. The highest BCUT2D eigenvalue weighted by atomic mass is 32.1. The Balaban J connectivity index is 3.49. The van der Waals surface area contributed by atoms with Crippen LogP contribution in [0.2, 0.25) is 0 Å². The fraction of sp³-hybridized carbons (Fsp3) is 1.00. The zero-order chi connectivity index (χ0) is 8.69. The fourth-order valence-corrected chi connectivity index (χ4v) is 0.884. The molecule has 0 aliphatic heterocycles. The summed E-state index contributed by atoms with van der Waals surface area (Å²) in [6, 6.07) is 0. The Kier molecular flexibility index (Phi) is 7.12. The summed E-state index contributed by atoms with van der Waals surface area (Å²) in [5.74, 6) is 0. The van der Waals surface area contributed by atoms with E-state index in [1.54, 1.807) is 7.11 Å². The van der Waals surface area contributed by atoms with E-state index in [1.807, 2.05) is 6.92 Å². The van der Waals surface area contributed by atoms with Crippen molar-refractivity contribution in [3.8, 4) is 0 Å². The van der Waals surface area contributed by atoms with Gasteiger partial charge in [-0.15, -0.1) is 12.6 Å². The van der Waals surface area contributed by atoms with Crippen LogP contribution in [0.4, 0.5) is 0 Å². The average Bonchev–Trinajstić information content (AvgIpc) is 2.03. The van der Waals surface area contributed by atoms with Crippen molar-refractivity contribution in [1.82, 2.24) is 0 Å². The van der Waals surface area contributed by atoms with Crippen molar-refractivity contribution < 1.29 is 9.47 Å². The third kappa shape index (κ3) is 5.53. The number of methoxy groups -OCH3 is 1. The number of ether oxygens (including phenoxy) is 2. The lowest BCUT2D eigenvalue weighted by Crippen LogP contribution is -2.19. The molecule has 2 atom stereocenters. The maximum absolute atomic E-state index is 5.43. The average molecular weight is 178 g/mol. The van der Waals surface area contributed by atoms with Crippen molar-refractivity contribution in [3.05, 3.63) is 0 Å². The second-order valence-electron chi connectivity index (χ2n) is 2.45. The molecule has 0 radical (unpaired) electrons. The summed E-state index contributed by atoms with van der Waals surface area (Å²) in [7, 11) is 1.66. The van der Waals surface area contributed by atoms with E-state index in [4.69, 9.17) is 9.47 Å². The highest BCUT2D eigenvalue weighted by Gasteiger charge is 2.09. The van der Waals surface area contributed by atoms with Crippen molar-refractivity contribution in [2.45, 2.75) is 44.8 Å². The molecule has 0 aromatic rings. The van der Waals surface area contributed by atoms with Gasteiger partial charge in [0.25, 0.3) is 0 Å². The minimum atomic E-state index is -0.0811. The van der Waals surface area contributed by atoms with E-state index in [-0.39, 0.29) is 11.7 Å². The Morgan fingerprint density at radius 1 is 1.36 bits per heavy atom. The van der Waals surface area contributed by atoms with Crippen molar-refractivity contribution >= 4 is 12.6 Å². The van der Waals surface area contributed by atoms with Gasteiger partial charge in [-0.2, -0.15) is 0 Å². The van der Waals surface area contributed by atoms with Gasteiger partial charge < -0.3 is 9.47 Å². The number of thiol groups is 1. The lowest BCUT2D eigenvalue weighted by molar-refractivity contribution is -0.136. The molecule has 0 amide bonds. The van der Waals surface area contributed by atoms with Crippen LogP contribution in [0, 0.1) is 0 Å². The van der Waals surface area contributed by atoms with Crippen LogP contribution in [-0.4, -0.2) is 18.8 Å². The van der Waals surface area contributed by atoms with E-state index in [9.17, 15) is 0 Å². The number of hydrogen-bond acceptors (Lipinski definition) is 3. The number of rotatable bonds is 6. The molecule has 0 aromatic carbocycles. The highest BCUT2D eigenvalue weighted by molar-refractivity contribution is 7.80. The summed E-state index contributed by atoms with van der Waals surface area (Å²) < 4.78 is 10.5. The van der Waals surface area contributed by atoms with Gasteiger partial charge >= 0.3 is 0 Å². The molecule has 0 heterocycles. The lowest BCUT2D eigenvalue weighted by atomic mass is 10.3. The monoisotopic (exact) mass is 178 g/mol. The van der Waals surface area contributed by atoms with Gasteiger partial charge in [0.1, 0.15) is 5.44 Å². The van der Waals surface area contributed by atoms with Crippen LogP contribution in [0.25, 0.3) is 0 Å². The zero-order valence-corrected chi connectivity index (χ0v) is 8.43. The summed E-state index contributed by atoms with van der Waals surface area (Å²) in [5, 5.41) is 0. The van der Waals surface area contributed by atoms with Crippen LogP contribution in [0.5, 0.6) is 0 Å². The SMILES string of the molecule is CCCC(OC)OC(S)CC. The van der Waals surface area contributed by atoms with E-state index in [0.29, 0.717) is 0 Å². The quantitative estimate of drug-likeness (QED) is 0.497. The fourth-order valence-electron chi connectivity index (χ4n) is 0.749. The van der Waals surface area contributed by atoms with Gasteiger partial charge in [-0.25, -0.2) is 0 Å². The van der Waals surface area contributed by atoms with E-state index >= 15 is 0 Å². The van der Waals surface area contributed by atoms with Gasteiger partial charge in [0, 0.05) is 7.11 Å². The highest BCUT2D eigenvalue weighted by Crippen LogP contribution is 2.10. The standard InChI is InChI=1S/C8H18O2S/c1-4-6-7(9-3)10-8(11)5-2/h7-8,11H,4-6H2,1-3H3. The van der Waals surface area contributed by atoms with E-state index in [0.717, 1.165) is 19.3 Å². The second kappa shape index (κ2) is 6.95. The van der Waals surface area contributed by atoms with Crippen molar-refractivity contribution in [2.24, 2.45) is 0 Å². The third-order valence-electron chi connectivity index (χ3n) is 1.45. The van der Waals surface area contributed by atoms with Crippen molar-refractivity contribution in [2.75, 3.05) is 7.11 Å². The van der Waals surface area contributed by atoms with Crippen LogP contribution in [0.1, 0.15) is 33.1 Å². The normalized spacial score (nSPS) is 16.4. The molecule has 0 saturated carbocycles. The third-order valence-corrected chi connectivity index (χ3v) is 1.93. The van der Waals surface area contributed by atoms with Crippen molar-refractivity contribution in [3.63, 3.8) is 0 Å². The van der Waals surface area contributed by atoms with Gasteiger partial charge in [-0.05, 0) is 12.8 Å². The van der Waals surface area contributed by atoms with Gasteiger partial charge in [0.05, 0.1) is 0 Å². The smallest absolute Gasteiger partial charge is 0.158 e. The maximum Gasteiger partial charge on any atom is 0.158 e. The molecule has 68 valence electrons. The Labute approximate surface area is 74.7 Å². The molecule has 0 aromatic heterocycles. The minimum Gasteiger partial charge on any atom is -0.356 e. The molecule has 3 heteroatoms. The van der Waals surface area contributed by atoms with Crippen LogP contribution in [0.15, 0.2) is 0 Å². The Bertz CT molecular complexity index is 88.2. The van der Waals surface area contributed by atoms with Crippen molar-refractivity contribution in [1.29, 1.82) is 0 Å². The Hall–Kier alpha value is 0.270. The Morgan fingerprint density at radius 3 is 2.36 bits per heavy atom. The molecular formula is C8H18O2S. The van der Waals surface area contributed by atoms with Gasteiger partial charge in [0.2, 0.25) is 0 Å². The zero-order valence-electron chi connectivity index (χ0n) is 7.54. The van der Waals surface area contributed by atoms with Gasteiger partial charge in [-0.1, -0.05) is 20.3 Å². The predicted octanol–water partition coefficient (Wildman–Crippen LogP) is 2.44. The first-order valence-corrected chi connectivity index (χ1v) is 4.62. The summed E-state index contributed by atoms with van der Waals surface area (Å²) in [4.78, 5) is 0. The minimum absolute atomic E-state index is 0.00602. The van der Waals surface area contributed by atoms with Crippen LogP contribution in [0.3, 0.4) is 0 Å². The molecule has 0 aliphatic rings. The van der Waals surface area contributed by atoms with E-state index in [1.165, 1.54) is 0 Å². The summed E-state index contributed by atoms with van der Waals surface area (Å²) in [5.41, 5.74) is 0.00602. The maximum atomic E-state index is 5.43. The molecule has 0 saturated heterocycles. The summed E-state index contributed by atoms with van der Waals surface area (Å²) in [6.45, 7) is 4.14. The molecule has 11 heavy (non-hydrogen) atoms. The largest absolute Gasteiger partial charge is 0.356 e. The lowest BCUT2D eigenvalue weighted by Gasteiger charge is -2.18. The summed E-state index contributed by atoms with van der Waals surface area (Å²) in [6.07, 6.45) is 2.84. The first kappa shape index (κ1) is 11.3. The molecule has 2 nitrogen and oxygen atoms in total. The predicted molar refractivity (Wildman–Crippen MR) is 49.9 cm³/mol. The molecule has 0 aliphatic carbocycles. The summed E-state index contributed by atoms with van der Waals surface area (Å²) >= 11 is 4.21. The van der Waals surface area contributed by atoms with Gasteiger partial charge in [-0.3, -0.25) is 0 Å². The van der Waals surface area contributed by atoms with Crippen LogP contribution >= 0.6 is 12.6 Å². The first-order chi connectivity index (χ1) is 5.24. The van der Waals surface area contributed by atoms with Crippen LogP contribution in [-0.2, 0) is 9.47 Å². The first-order valence-electron chi connectivity index (χ1n) is 4.10. The molecule has 0 bridgehead atoms. The van der Waals surface area contributed by atoms with E-state index in [2.05, 4.69) is 19.6 Å².